The molecule has 0 fully saturated rings. The van der Waals surface area contributed by atoms with Crippen LogP contribution >= 0.6 is 15.9 Å². The minimum Gasteiger partial charge on any atom is -0.493 e. The summed E-state index contributed by atoms with van der Waals surface area (Å²) in [4.78, 5) is 13.1. The average molecular weight is 429 g/mol. The van der Waals surface area contributed by atoms with Gasteiger partial charge in [0.15, 0.2) is 11.5 Å². The van der Waals surface area contributed by atoms with Gasteiger partial charge in [0, 0.05) is 4.47 Å². The highest BCUT2D eigenvalue weighted by Crippen LogP contribution is 2.35. The third-order valence-electron chi connectivity index (χ3n) is 4.24. The quantitative estimate of drug-likeness (QED) is 0.604. The highest BCUT2D eigenvalue weighted by molar-refractivity contribution is 9.10. The molecule has 0 unspecified atom stereocenters. The molecule has 0 saturated heterocycles. The van der Waals surface area contributed by atoms with E-state index in [-0.39, 0.29) is 5.91 Å². The molecule has 5 nitrogen and oxygen atoms in total. The average Bonchev–Trinajstić information content (AvgIpc) is 2.99. The standard InChI is InChI=1S/C21H21BrN2O3/c1-4-8-18-16(21(25)24(23-18)15-9-6-5-7-10-15)11-14-12-19(26-2)20(27-3)13-17(14)22/h5-7,9-13H,4,8H2,1-3H3/b16-11-. The molecule has 0 atom stereocenters. The summed E-state index contributed by atoms with van der Waals surface area (Å²) < 4.78 is 11.5. The molecule has 0 aliphatic carbocycles. The first-order valence-electron chi connectivity index (χ1n) is 8.69. The second kappa shape index (κ2) is 8.39. The fourth-order valence-corrected chi connectivity index (χ4v) is 3.34. The Bertz CT molecular complexity index is 907. The molecule has 0 aromatic heterocycles. The summed E-state index contributed by atoms with van der Waals surface area (Å²) in [6.45, 7) is 2.07. The van der Waals surface area contributed by atoms with Crippen LogP contribution in [-0.2, 0) is 4.79 Å². The summed E-state index contributed by atoms with van der Waals surface area (Å²) in [6, 6.07) is 13.1. The molecule has 2 aromatic rings. The van der Waals surface area contributed by atoms with Gasteiger partial charge in [-0.25, -0.2) is 0 Å². The van der Waals surface area contributed by atoms with Gasteiger partial charge in [0.1, 0.15) is 0 Å². The predicted octanol–water partition coefficient (Wildman–Crippen LogP) is 5.05. The molecule has 140 valence electrons. The lowest BCUT2D eigenvalue weighted by atomic mass is 10.0. The molecule has 1 amide bonds. The van der Waals surface area contributed by atoms with Crippen molar-refractivity contribution in [2.24, 2.45) is 5.10 Å². The van der Waals surface area contributed by atoms with Crippen LogP contribution in [0.5, 0.6) is 11.5 Å². The van der Waals surface area contributed by atoms with E-state index >= 15 is 0 Å². The third kappa shape index (κ3) is 3.90. The maximum Gasteiger partial charge on any atom is 0.280 e. The van der Waals surface area contributed by atoms with Crippen LogP contribution in [0, 0.1) is 0 Å². The number of rotatable bonds is 6. The number of carbonyl (C=O) groups is 1. The highest BCUT2D eigenvalue weighted by atomic mass is 79.9. The zero-order chi connectivity index (χ0) is 19.4. The molecule has 1 heterocycles. The molecule has 2 aromatic carbocycles. The van der Waals surface area contributed by atoms with Gasteiger partial charge in [-0.15, -0.1) is 0 Å². The van der Waals surface area contributed by atoms with Gasteiger partial charge in [-0.05, 0) is 42.3 Å². The fourth-order valence-electron chi connectivity index (χ4n) is 2.90. The van der Waals surface area contributed by atoms with Gasteiger partial charge in [-0.3, -0.25) is 4.79 Å². The number of benzene rings is 2. The van der Waals surface area contributed by atoms with E-state index in [4.69, 9.17) is 9.47 Å². The second-order valence-electron chi connectivity index (χ2n) is 6.04. The van der Waals surface area contributed by atoms with Gasteiger partial charge in [-0.2, -0.15) is 10.1 Å². The molecule has 6 heteroatoms. The molecule has 1 aliphatic heterocycles. The summed E-state index contributed by atoms with van der Waals surface area (Å²) >= 11 is 3.55. The van der Waals surface area contributed by atoms with Crippen molar-refractivity contribution < 1.29 is 14.3 Å². The predicted molar refractivity (Wildman–Crippen MR) is 111 cm³/mol. The van der Waals surface area contributed by atoms with Crippen molar-refractivity contribution in [1.29, 1.82) is 0 Å². The zero-order valence-corrected chi connectivity index (χ0v) is 17.1. The highest BCUT2D eigenvalue weighted by Gasteiger charge is 2.30. The molecule has 27 heavy (non-hydrogen) atoms. The van der Waals surface area contributed by atoms with Gasteiger partial charge in [0.2, 0.25) is 0 Å². The molecule has 0 radical (unpaired) electrons. The number of hydrogen-bond donors (Lipinski definition) is 0. The molecule has 0 bridgehead atoms. The number of amides is 1. The fraction of sp³-hybridized carbons (Fsp3) is 0.238. The molecule has 0 saturated carbocycles. The summed E-state index contributed by atoms with van der Waals surface area (Å²) in [5.74, 6) is 1.09. The van der Waals surface area contributed by atoms with Crippen molar-refractivity contribution >= 4 is 39.3 Å². The minimum absolute atomic E-state index is 0.133. The zero-order valence-electron chi connectivity index (χ0n) is 15.5. The lowest BCUT2D eigenvalue weighted by molar-refractivity contribution is -0.114. The van der Waals surface area contributed by atoms with E-state index in [2.05, 4.69) is 28.0 Å². The Morgan fingerprint density at radius 2 is 1.78 bits per heavy atom. The molecular formula is C21H21BrN2O3. The first-order valence-corrected chi connectivity index (χ1v) is 9.49. The smallest absolute Gasteiger partial charge is 0.280 e. The maximum atomic E-state index is 13.1. The van der Waals surface area contributed by atoms with Crippen molar-refractivity contribution in [2.45, 2.75) is 19.8 Å². The van der Waals surface area contributed by atoms with E-state index in [1.165, 1.54) is 5.01 Å². The van der Waals surface area contributed by atoms with E-state index in [0.29, 0.717) is 17.1 Å². The summed E-state index contributed by atoms with van der Waals surface area (Å²) in [5, 5.41) is 6.04. The SMILES string of the molecule is CCCC1=NN(c2ccccc2)C(=O)/C1=C\c1cc(OC)c(OC)cc1Br. The Hall–Kier alpha value is -2.60. The number of hydrogen-bond acceptors (Lipinski definition) is 4. The van der Waals surface area contributed by atoms with Crippen LogP contribution in [0.4, 0.5) is 5.69 Å². The molecule has 0 N–H and O–H groups in total. The maximum absolute atomic E-state index is 13.1. The molecule has 3 rings (SSSR count). The Morgan fingerprint density at radius 3 is 2.41 bits per heavy atom. The van der Waals surface area contributed by atoms with E-state index < -0.39 is 0 Å². The number of para-hydroxylation sites is 1. The van der Waals surface area contributed by atoms with Crippen molar-refractivity contribution in [3.8, 4) is 11.5 Å². The number of anilines is 1. The van der Waals surface area contributed by atoms with Crippen LogP contribution in [0.3, 0.4) is 0 Å². The first-order chi connectivity index (χ1) is 13.1. The molecule has 0 spiro atoms. The van der Waals surface area contributed by atoms with Crippen LogP contribution in [-0.4, -0.2) is 25.8 Å². The van der Waals surface area contributed by atoms with Gasteiger partial charge in [-0.1, -0.05) is 47.5 Å². The number of nitrogens with zero attached hydrogens (tertiary/aromatic N) is 2. The summed E-state index contributed by atoms with van der Waals surface area (Å²) in [6.07, 6.45) is 3.48. The number of halogens is 1. The molecular weight excluding hydrogens is 408 g/mol. The van der Waals surface area contributed by atoms with Crippen LogP contribution in [0.15, 0.2) is 57.6 Å². The summed E-state index contributed by atoms with van der Waals surface area (Å²) in [5.41, 5.74) is 2.96. The largest absolute Gasteiger partial charge is 0.493 e. The van der Waals surface area contributed by atoms with Gasteiger partial charge in [0.05, 0.1) is 31.2 Å². The van der Waals surface area contributed by atoms with Crippen LogP contribution in [0.1, 0.15) is 25.3 Å². The number of carbonyl (C=O) groups excluding carboxylic acids is 1. The van der Waals surface area contributed by atoms with Crippen LogP contribution in [0.2, 0.25) is 0 Å². The topological polar surface area (TPSA) is 51.1 Å². The Morgan fingerprint density at radius 1 is 1.11 bits per heavy atom. The van der Waals surface area contributed by atoms with E-state index in [1.807, 2.05) is 48.5 Å². The lowest BCUT2D eigenvalue weighted by Gasteiger charge is -2.12. The van der Waals surface area contributed by atoms with Crippen molar-refractivity contribution in [2.75, 3.05) is 19.2 Å². The van der Waals surface area contributed by atoms with Crippen molar-refractivity contribution in [3.63, 3.8) is 0 Å². The number of methoxy groups -OCH3 is 2. The van der Waals surface area contributed by atoms with E-state index in [0.717, 1.165) is 34.3 Å². The van der Waals surface area contributed by atoms with Gasteiger partial charge < -0.3 is 9.47 Å². The van der Waals surface area contributed by atoms with Crippen LogP contribution < -0.4 is 14.5 Å². The first kappa shape index (κ1) is 19.2. The Balaban J connectivity index is 2.04. The van der Waals surface area contributed by atoms with Crippen LogP contribution in [0.25, 0.3) is 6.08 Å². The van der Waals surface area contributed by atoms with Crippen molar-refractivity contribution in [3.05, 3.63) is 58.1 Å². The van der Waals surface area contributed by atoms with E-state index in [9.17, 15) is 4.79 Å². The Kier molecular flexibility index (Phi) is 5.96. The number of hydrazone groups is 1. The molecule has 1 aliphatic rings. The normalized spacial score (nSPS) is 15.3. The summed E-state index contributed by atoms with van der Waals surface area (Å²) in [7, 11) is 3.18. The second-order valence-corrected chi connectivity index (χ2v) is 6.89. The van der Waals surface area contributed by atoms with Gasteiger partial charge in [0.25, 0.3) is 5.91 Å². The third-order valence-corrected chi connectivity index (χ3v) is 4.93. The Labute approximate surface area is 167 Å². The van der Waals surface area contributed by atoms with Gasteiger partial charge >= 0.3 is 0 Å². The van der Waals surface area contributed by atoms with Crippen molar-refractivity contribution in [1.82, 2.24) is 0 Å². The number of ether oxygens (including phenoxy) is 2. The minimum atomic E-state index is -0.133. The van der Waals surface area contributed by atoms with E-state index in [1.54, 1.807) is 14.2 Å². The monoisotopic (exact) mass is 428 g/mol. The lowest BCUT2D eigenvalue weighted by Crippen LogP contribution is -2.21.